The van der Waals surface area contributed by atoms with Crippen LogP contribution in [0.1, 0.15) is 21.6 Å². The lowest BCUT2D eigenvalue weighted by Crippen LogP contribution is -2.26. The molecule has 2 aromatic heterocycles. The predicted octanol–water partition coefficient (Wildman–Crippen LogP) is 3.13. The highest BCUT2D eigenvalue weighted by Crippen LogP contribution is 2.16. The van der Waals surface area contributed by atoms with E-state index in [1.54, 1.807) is 24.9 Å². The van der Waals surface area contributed by atoms with Gasteiger partial charge in [-0.3, -0.25) is 9.78 Å². The van der Waals surface area contributed by atoms with Crippen LogP contribution in [0.15, 0.2) is 54.2 Å². The van der Waals surface area contributed by atoms with Crippen LogP contribution in [0.25, 0.3) is 0 Å². The number of thiazole rings is 1. The molecule has 2 N–H and O–H groups in total. The average Bonchev–Trinajstić information content (AvgIpc) is 3.17. The zero-order chi connectivity index (χ0) is 18.2. The minimum Gasteiger partial charge on any atom is -0.497 e. The van der Waals surface area contributed by atoms with Gasteiger partial charge in [0.25, 0.3) is 5.91 Å². The quantitative estimate of drug-likeness (QED) is 0.639. The fourth-order valence-electron chi connectivity index (χ4n) is 2.34. The van der Waals surface area contributed by atoms with E-state index in [-0.39, 0.29) is 5.91 Å². The van der Waals surface area contributed by atoms with Crippen LogP contribution in [0.2, 0.25) is 0 Å². The number of hydrogen-bond donors (Lipinski definition) is 2. The Balaban J connectivity index is 1.45. The zero-order valence-electron chi connectivity index (χ0n) is 14.4. The van der Waals surface area contributed by atoms with E-state index in [4.69, 9.17) is 4.74 Å². The van der Waals surface area contributed by atoms with Gasteiger partial charge >= 0.3 is 0 Å². The smallest absolute Gasteiger partial charge is 0.270 e. The van der Waals surface area contributed by atoms with Crippen LogP contribution in [0, 0.1) is 0 Å². The Kier molecular flexibility index (Phi) is 6.16. The van der Waals surface area contributed by atoms with Crippen molar-refractivity contribution in [3.8, 4) is 5.75 Å². The number of hydrogen-bond acceptors (Lipinski definition) is 6. The number of methoxy groups -OCH3 is 1. The number of benzene rings is 1. The van der Waals surface area contributed by atoms with E-state index in [2.05, 4.69) is 20.6 Å². The molecule has 2 heterocycles. The van der Waals surface area contributed by atoms with Gasteiger partial charge in [0.05, 0.1) is 7.11 Å². The number of anilines is 1. The number of nitrogens with zero attached hydrogens (tertiary/aromatic N) is 2. The van der Waals surface area contributed by atoms with E-state index < -0.39 is 0 Å². The third-order valence-electron chi connectivity index (χ3n) is 3.76. The Labute approximate surface area is 156 Å². The van der Waals surface area contributed by atoms with Crippen LogP contribution in [-0.4, -0.2) is 29.5 Å². The molecule has 26 heavy (non-hydrogen) atoms. The first kappa shape index (κ1) is 17.9. The molecule has 0 aliphatic rings. The van der Waals surface area contributed by atoms with Crippen molar-refractivity contribution < 1.29 is 9.53 Å². The van der Waals surface area contributed by atoms with Crippen molar-refractivity contribution in [1.82, 2.24) is 15.3 Å². The number of carbonyl (C=O) groups is 1. The molecule has 0 aliphatic heterocycles. The summed E-state index contributed by atoms with van der Waals surface area (Å²) in [6.45, 7) is 1.18. The van der Waals surface area contributed by atoms with Crippen molar-refractivity contribution in [2.75, 3.05) is 19.0 Å². The van der Waals surface area contributed by atoms with E-state index >= 15 is 0 Å². The Hall–Kier alpha value is -2.93. The second kappa shape index (κ2) is 8.96. The molecule has 3 aromatic rings. The van der Waals surface area contributed by atoms with Gasteiger partial charge in [0.15, 0.2) is 5.13 Å². The first-order valence-electron chi connectivity index (χ1n) is 8.24. The first-order valence-corrected chi connectivity index (χ1v) is 9.12. The highest BCUT2D eigenvalue weighted by molar-refractivity contribution is 7.13. The number of pyridine rings is 1. The van der Waals surface area contributed by atoms with Crippen LogP contribution in [0.4, 0.5) is 5.13 Å². The molecule has 0 bridgehead atoms. The van der Waals surface area contributed by atoms with Crippen molar-refractivity contribution in [1.29, 1.82) is 0 Å². The van der Waals surface area contributed by atoms with E-state index in [9.17, 15) is 4.79 Å². The number of amides is 1. The Bertz CT molecular complexity index is 834. The monoisotopic (exact) mass is 368 g/mol. The lowest BCUT2D eigenvalue weighted by atomic mass is 10.1. The van der Waals surface area contributed by atoms with E-state index in [1.807, 2.05) is 36.4 Å². The Morgan fingerprint density at radius 1 is 1.19 bits per heavy atom. The molecule has 0 saturated heterocycles. The molecular formula is C19H20N4O2S. The van der Waals surface area contributed by atoms with Gasteiger partial charge < -0.3 is 15.4 Å². The van der Waals surface area contributed by atoms with Gasteiger partial charge in [-0.2, -0.15) is 0 Å². The lowest BCUT2D eigenvalue weighted by molar-refractivity contribution is 0.0950. The molecule has 0 radical (unpaired) electrons. The molecule has 0 unspecified atom stereocenters. The van der Waals surface area contributed by atoms with Gasteiger partial charge in [0.2, 0.25) is 0 Å². The van der Waals surface area contributed by atoms with Crippen molar-refractivity contribution in [2.24, 2.45) is 0 Å². The summed E-state index contributed by atoms with van der Waals surface area (Å²) in [6.07, 6.45) is 4.29. The molecule has 0 aliphatic carbocycles. The fourth-order valence-corrected chi connectivity index (χ4v) is 3.03. The van der Waals surface area contributed by atoms with Crippen molar-refractivity contribution >= 4 is 22.4 Å². The van der Waals surface area contributed by atoms with Gasteiger partial charge in [0, 0.05) is 30.9 Å². The minimum absolute atomic E-state index is 0.163. The highest BCUT2D eigenvalue weighted by Gasteiger charge is 2.10. The topological polar surface area (TPSA) is 76.1 Å². The second-order valence-corrected chi connectivity index (χ2v) is 6.46. The van der Waals surface area contributed by atoms with Crippen molar-refractivity contribution in [3.63, 3.8) is 0 Å². The number of rotatable bonds is 8. The second-order valence-electron chi connectivity index (χ2n) is 5.61. The normalized spacial score (nSPS) is 10.3. The molecule has 0 spiro atoms. The minimum atomic E-state index is -0.163. The van der Waals surface area contributed by atoms with Crippen LogP contribution in [0.5, 0.6) is 5.75 Å². The summed E-state index contributed by atoms with van der Waals surface area (Å²) in [5.74, 6) is 0.663. The molecular weight excluding hydrogens is 348 g/mol. The summed E-state index contributed by atoms with van der Waals surface area (Å²) in [4.78, 5) is 20.6. The van der Waals surface area contributed by atoms with Gasteiger partial charge in [0.1, 0.15) is 11.4 Å². The Morgan fingerprint density at radius 3 is 2.77 bits per heavy atom. The van der Waals surface area contributed by atoms with E-state index in [1.165, 1.54) is 11.3 Å². The number of nitrogens with one attached hydrogen (secondary N) is 2. The van der Waals surface area contributed by atoms with E-state index in [0.717, 1.165) is 23.3 Å². The Morgan fingerprint density at radius 2 is 2.04 bits per heavy atom. The standard InChI is InChI=1S/C19H20N4O2S/c1-25-16-6-4-14(5-7-16)8-10-21-18(24)17-13-26-19(23-17)22-12-15-3-2-9-20-11-15/h2-7,9,11,13H,8,10,12H2,1H3,(H,21,24)(H,22,23). The summed E-state index contributed by atoms with van der Waals surface area (Å²) in [6, 6.07) is 11.7. The van der Waals surface area contributed by atoms with Crippen LogP contribution in [-0.2, 0) is 13.0 Å². The molecule has 134 valence electrons. The van der Waals surface area contributed by atoms with Gasteiger partial charge in [-0.15, -0.1) is 11.3 Å². The number of aromatic nitrogens is 2. The van der Waals surface area contributed by atoms with Crippen LogP contribution < -0.4 is 15.4 Å². The maximum Gasteiger partial charge on any atom is 0.270 e. The van der Waals surface area contributed by atoms with Gasteiger partial charge in [-0.25, -0.2) is 4.98 Å². The number of ether oxygens (including phenoxy) is 1. The summed E-state index contributed by atoms with van der Waals surface area (Å²) >= 11 is 1.41. The summed E-state index contributed by atoms with van der Waals surface area (Å²) in [5.41, 5.74) is 2.63. The highest BCUT2D eigenvalue weighted by atomic mass is 32.1. The van der Waals surface area contributed by atoms with Crippen LogP contribution in [0.3, 0.4) is 0 Å². The largest absolute Gasteiger partial charge is 0.497 e. The molecule has 0 fully saturated rings. The summed E-state index contributed by atoms with van der Waals surface area (Å²) in [7, 11) is 1.64. The van der Waals surface area contributed by atoms with Gasteiger partial charge in [-0.05, 0) is 35.7 Å². The molecule has 0 saturated carbocycles. The maximum atomic E-state index is 12.2. The average molecular weight is 368 g/mol. The van der Waals surface area contributed by atoms with Crippen molar-refractivity contribution in [2.45, 2.75) is 13.0 Å². The molecule has 1 amide bonds. The van der Waals surface area contributed by atoms with Crippen molar-refractivity contribution in [3.05, 3.63) is 71.0 Å². The third-order valence-corrected chi connectivity index (χ3v) is 4.56. The third kappa shape index (κ3) is 5.03. The van der Waals surface area contributed by atoms with Crippen LogP contribution >= 0.6 is 11.3 Å². The maximum absolute atomic E-state index is 12.2. The van der Waals surface area contributed by atoms with E-state index in [0.29, 0.717) is 23.9 Å². The predicted molar refractivity (Wildman–Crippen MR) is 103 cm³/mol. The molecule has 3 rings (SSSR count). The van der Waals surface area contributed by atoms with Gasteiger partial charge in [-0.1, -0.05) is 18.2 Å². The summed E-state index contributed by atoms with van der Waals surface area (Å²) < 4.78 is 5.13. The SMILES string of the molecule is COc1ccc(CCNC(=O)c2csc(NCc3cccnc3)n2)cc1. The summed E-state index contributed by atoms with van der Waals surface area (Å²) in [5, 5.41) is 8.58. The molecule has 0 atom stereocenters. The molecule has 6 nitrogen and oxygen atoms in total. The lowest BCUT2D eigenvalue weighted by Gasteiger charge is -2.05. The first-order chi connectivity index (χ1) is 12.7. The molecule has 7 heteroatoms. The number of carbonyl (C=O) groups excluding carboxylic acids is 1. The zero-order valence-corrected chi connectivity index (χ0v) is 15.3. The fraction of sp³-hybridized carbons (Fsp3) is 0.211. The molecule has 1 aromatic carbocycles.